The number of rotatable bonds is 8. The molecular weight excluding hydrogens is 479 g/mol. The molecule has 0 aromatic heterocycles. The Balaban J connectivity index is 1.74. The molecule has 0 saturated heterocycles. The molecule has 2 N–H and O–H groups in total. The van der Waals surface area contributed by atoms with E-state index in [0.29, 0.717) is 17.0 Å². The van der Waals surface area contributed by atoms with E-state index in [9.17, 15) is 14.9 Å². The summed E-state index contributed by atoms with van der Waals surface area (Å²) >= 11 is 12.6. The van der Waals surface area contributed by atoms with E-state index < -0.39 is 11.9 Å². The van der Waals surface area contributed by atoms with E-state index in [1.807, 2.05) is 6.07 Å². The van der Waals surface area contributed by atoms with Gasteiger partial charge >= 0.3 is 5.97 Å². The molecule has 0 radical (unpaired) electrons. The average Bonchev–Trinajstić information content (AvgIpc) is 2.82. The van der Waals surface area contributed by atoms with Gasteiger partial charge in [-0.3, -0.25) is 4.79 Å². The zero-order chi connectivity index (χ0) is 24.7. The smallest absolute Gasteiger partial charge is 0.335 e. The summed E-state index contributed by atoms with van der Waals surface area (Å²) in [6.45, 7) is 0.112. The number of nitrogens with zero attached hydrogens (tertiary/aromatic N) is 1. The number of aromatic carboxylic acids is 1. The van der Waals surface area contributed by atoms with Crippen LogP contribution in [0.5, 0.6) is 11.5 Å². The first-order valence-electron chi connectivity index (χ1n) is 9.82. The molecule has 9 heteroatoms. The van der Waals surface area contributed by atoms with Gasteiger partial charge in [0.1, 0.15) is 24.0 Å². The van der Waals surface area contributed by atoms with E-state index >= 15 is 0 Å². The molecule has 172 valence electrons. The van der Waals surface area contributed by atoms with Crippen molar-refractivity contribution in [1.82, 2.24) is 0 Å². The molecule has 3 rings (SSSR count). The van der Waals surface area contributed by atoms with Crippen molar-refractivity contribution in [2.75, 3.05) is 12.4 Å². The van der Waals surface area contributed by atoms with Gasteiger partial charge in [0.15, 0.2) is 5.75 Å². The summed E-state index contributed by atoms with van der Waals surface area (Å²) in [5.74, 6) is -0.835. The average molecular weight is 497 g/mol. The molecule has 1 amide bonds. The Hall–Kier alpha value is -3.99. The van der Waals surface area contributed by atoms with Gasteiger partial charge in [0, 0.05) is 11.8 Å². The number of anilines is 1. The third-order valence-electron chi connectivity index (χ3n) is 4.61. The Morgan fingerprint density at radius 2 is 1.76 bits per heavy atom. The number of halogens is 2. The fourth-order valence-corrected chi connectivity index (χ4v) is 3.53. The number of carboxylic acid groups (broad SMARTS) is 1. The zero-order valence-corrected chi connectivity index (χ0v) is 19.4. The summed E-state index contributed by atoms with van der Waals surface area (Å²) in [6.07, 6.45) is 1.36. The van der Waals surface area contributed by atoms with Crippen molar-refractivity contribution < 1.29 is 24.2 Å². The van der Waals surface area contributed by atoms with Gasteiger partial charge in [0.25, 0.3) is 5.91 Å². The minimum atomic E-state index is -1.02. The first kappa shape index (κ1) is 24.6. The number of ether oxygens (including phenoxy) is 2. The van der Waals surface area contributed by atoms with Crippen molar-refractivity contribution in [3.05, 3.63) is 93.0 Å². The predicted molar refractivity (Wildman–Crippen MR) is 129 cm³/mol. The van der Waals surface area contributed by atoms with Crippen LogP contribution in [0.1, 0.15) is 21.5 Å². The topological polar surface area (TPSA) is 109 Å². The maximum atomic E-state index is 12.5. The Bertz CT molecular complexity index is 1270. The molecule has 0 heterocycles. The summed E-state index contributed by atoms with van der Waals surface area (Å²) in [6, 6.07) is 17.8. The summed E-state index contributed by atoms with van der Waals surface area (Å²) in [7, 11) is 1.51. The molecule has 34 heavy (non-hydrogen) atoms. The molecule has 0 unspecified atom stereocenters. The number of carbonyl (C=O) groups excluding carboxylic acids is 1. The molecule has 0 saturated carbocycles. The van der Waals surface area contributed by atoms with Gasteiger partial charge in [0.05, 0.1) is 22.7 Å². The third kappa shape index (κ3) is 6.29. The molecule has 3 aromatic rings. The molecule has 7 nitrogen and oxygen atoms in total. The lowest BCUT2D eigenvalue weighted by Gasteiger charge is -2.11. The maximum absolute atomic E-state index is 12.5. The fraction of sp³-hybridized carbons (Fsp3) is 0.0800. The van der Waals surface area contributed by atoms with Gasteiger partial charge in [-0.15, -0.1) is 0 Å². The van der Waals surface area contributed by atoms with Gasteiger partial charge in [-0.05, 0) is 53.6 Å². The summed E-state index contributed by atoms with van der Waals surface area (Å²) < 4.78 is 10.8. The summed E-state index contributed by atoms with van der Waals surface area (Å²) in [5, 5.41) is 21.4. The van der Waals surface area contributed by atoms with Crippen molar-refractivity contribution in [2.45, 2.75) is 6.61 Å². The van der Waals surface area contributed by atoms with Crippen molar-refractivity contribution >= 4 is 46.8 Å². The Labute approximate surface area is 205 Å². The van der Waals surface area contributed by atoms with Crippen LogP contribution in [-0.4, -0.2) is 24.1 Å². The van der Waals surface area contributed by atoms with Crippen LogP contribution in [0.25, 0.3) is 6.08 Å². The highest BCUT2D eigenvalue weighted by molar-refractivity contribution is 6.37. The lowest BCUT2D eigenvalue weighted by atomic mass is 10.1. The van der Waals surface area contributed by atoms with Crippen LogP contribution < -0.4 is 14.8 Å². The first-order valence-corrected chi connectivity index (χ1v) is 10.6. The van der Waals surface area contributed by atoms with Crippen molar-refractivity contribution in [1.29, 1.82) is 5.26 Å². The van der Waals surface area contributed by atoms with E-state index in [1.165, 1.54) is 37.5 Å². The Morgan fingerprint density at radius 3 is 2.35 bits per heavy atom. The lowest BCUT2D eigenvalue weighted by Crippen LogP contribution is -2.13. The van der Waals surface area contributed by atoms with Gasteiger partial charge in [-0.1, -0.05) is 41.4 Å². The van der Waals surface area contributed by atoms with E-state index in [0.717, 1.165) is 5.56 Å². The van der Waals surface area contributed by atoms with Crippen LogP contribution in [0.2, 0.25) is 10.0 Å². The van der Waals surface area contributed by atoms with Gasteiger partial charge in [-0.25, -0.2) is 4.79 Å². The highest BCUT2D eigenvalue weighted by Crippen LogP contribution is 2.35. The van der Waals surface area contributed by atoms with Crippen LogP contribution in [-0.2, 0) is 11.4 Å². The molecule has 0 bridgehead atoms. The van der Waals surface area contributed by atoms with Gasteiger partial charge < -0.3 is 19.9 Å². The molecule has 0 fully saturated rings. The maximum Gasteiger partial charge on any atom is 0.335 e. The number of carboxylic acids is 1. The zero-order valence-electron chi connectivity index (χ0n) is 17.8. The van der Waals surface area contributed by atoms with Crippen molar-refractivity contribution in [3.63, 3.8) is 0 Å². The first-order chi connectivity index (χ1) is 16.3. The monoisotopic (exact) mass is 496 g/mol. The molecular formula is C25H18Cl2N2O5. The number of benzene rings is 3. The van der Waals surface area contributed by atoms with Crippen LogP contribution in [0.4, 0.5) is 5.69 Å². The van der Waals surface area contributed by atoms with Crippen LogP contribution in [0.15, 0.2) is 66.2 Å². The Morgan fingerprint density at radius 1 is 1.09 bits per heavy atom. The molecule has 0 aliphatic rings. The molecule has 0 aliphatic carbocycles. The molecule has 0 aliphatic heterocycles. The second kappa shape index (κ2) is 11.2. The highest BCUT2D eigenvalue weighted by atomic mass is 35.5. The van der Waals surface area contributed by atoms with Crippen LogP contribution >= 0.6 is 23.2 Å². The number of amides is 1. The summed E-state index contributed by atoms with van der Waals surface area (Å²) in [4.78, 5) is 23.5. The normalized spacial score (nSPS) is 10.8. The highest BCUT2D eigenvalue weighted by Gasteiger charge is 2.14. The minimum Gasteiger partial charge on any atom is -0.497 e. The lowest BCUT2D eigenvalue weighted by molar-refractivity contribution is -0.112. The number of carbonyl (C=O) groups is 2. The number of hydrogen-bond donors (Lipinski definition) is 2. The van der Waals surface area contributed by atoms with Crippen molar-refractivity contribution in [2.24, 2.45) is 0 Å². The van der Waals surface area contributed by atoms with E-state index in [4.69, 9.17) is 37.8 Å². The van der Waals surface area contributed by atoms with Crippen LogP contribution in [0, 0.1) is 11.3 Å². The minimum absolute atomic E-state index is 0.112. The molecule has 3 aromatic carbocycles. The van der Waals surface area contributed by atoms with Gasteiger partial charge in [0.2, 0.25) is 0 Å². The fourth-order valence-electron chi connectivity index (χ4n) is 2.91. The molecule has 0 atom stereocenters. The second-order valence-corrected chi connectivity index (χ2v) is 7.77. The van der Waals surface area contributed by atoms with E-state index in [2.05, 4.69) is 5.32 Å². The third-order valence-corrected chi connectivity index (χ3v) is 5.17. The number of nitriles is 1. The van der Waals surface area contributed by atoms with Crippen LogP contribution in [0.3, 0.4) is 0 Å². The number of nitrogens with one attached hydrogen (secondary N) is 1. The number of hydrogen-bond acceptors (Lipinski definition) is 5. The van der Waals surface area contributed by atoms with E-state index in [-0.39, 0.29) is 33.5 Å². The predicted octanol–water partition coefficient (Wildman–Crippen LogP) is 5.82. The standard InChI is InChI=1S/C25H18Cl2N2O5/c1-33-20-4-2-3-19(12-20)29-24(30)18(13-28)9-16-10-21(26)23(22(27)11-16)34-14-15-5-7-17(8-6-15)25(31)32/h2-12H,14H2,1H3,(H,29,30)(H,31,32)/b18-9+. The van der Waals surface area contributed by atoms with Crippen molar-refractivity contribution in [3.8, 4) is 17.6 Å². The largest absolute Gasteiger partial charge is 0.497 e. The SMILES string of the molecule is COc1cccc(NC(=O)/C(C#N)=C/c2cc(Cl)c(OCc3ccc(C(=O)O)cc3)c(Cl)c2)c1. The molecule has 0 spiro atoms. The number of methoxy groups -OCH3 is 1. The quantitative estimate of drug-likeness (QED) is 0.300. The summed E-state index contributed by atoms with van der Waals surface area (Å²) in [5.41, 5.74) is 1.65. The Kier molecular flexibility index (Phi) is 8.14. The van der Waals surface area contributed by atoms with E-state index in [1.54, 1.807) is 36.4 Å². The van der Waals surface area contributed by atoms with Gasteiger partial charge in [-0.2, -0.15) is 5.26 Å². The second-order valence-electron chi connectivity index (χ2n) is 6.96.